The average Bonchev–Trinajstić information content (AvgIpc) is 3.06. The SMILES string of the molecule is O=C(O)c1ccc(COc2ccccc2C=C2SC(=O)N(c3cccc(Cl)c3)C2=O)cc1. The van der Waals surface area contributed by atoms with E-state index in [-0.39, 0.29) is 17.1 Å². The van der Waals surface area contributed by atoms with Crippen LogP contribution in [0.5, 0.6) is 5.75 Å². The van der Waals surface area contributed by atoms with Crippen LogP contribution in [0.15, 0.2) is 77.7 Å². The van der Waals surface area contributed by atoms with Gasteiger partial charge in [0.25, 0.3) is 11.1 Å². The van der Waals surface area contributed by atoms with Crippen LogP contribution in [0.2, 0.25) is 5.02 Å². The van der Waals surface area contributed by atoms with E-state index in [1.54, 1.807) is 60.7 Å². The van der Waals surface area contributed by atoms with Gasteiger partial charge in [0.15, 0.2) is 0 Å². The number of carboxylic acids is 1. The third-order valence-corrected chi connectivity index (χ3v) is 5.77. The van der Waals surface area contributed by atoms with E-state index in [0.29, 0.717) is 22.0 Å². The van der Waals surface area contributed by atoms with Crippen LogP contribution >= 0.6 is 23.4 Å². The number of hydrogen-bond acceptors (Lipinski definition) is 5. The van der Waals surface area contributed by atoms with E-state index < -0.39 is 17.1 Å². The highest BCUT2D eigenvalue weighted by Crippen LogP contribution is 2.37. The highest BCUT2D eigenvalue weighted by atomic mass is 35.5. The number of halogens is 1. The zero-order valence-corrected chi connectivity index (χ0v) is 18.1. The number of carboxylic acid groups (broad SMARTS) is 1. The number of carbonyl (C=O) groups is 3. The minimum Gasteiger partial charge on any atom is -0.488 e. The number of amides is 2. The molecule has 0 radical (unpaired) electrons. The molecule has 0 spiro atoms. The van der Waals surface area contributed by atoms with E-state index in [9.17, 15) is 14.4 Å². The summed E-state index contributed by atoms with van der Waals surface area (Å²) in [5.41, 5.74) is 2.06. The summed E-state index contributed by atoms with van der Waals surface area (Å²) < 4.78 is 5.89. The van der Waals surface area contributed by atoms with Crippen LogP contribution in [0.25, 0.3) is 6.08 Å². The van der Waals surface area contributed by atoms with Crippen molar-refractivity contribution in [3.8, 4) is 5.75 Å². The lowest BCUT2D eigenvalue weighted by molar-refractivity contribution is -0.113. The van der Waals surface area contributed by atoms with Crippen molar-refractivity contribution >= 4 is 52.2 Å². The minimum atomic E-state index is -0.991. The third-order valence-electron chi connectivity index (χ3n) is 4.66. The van der Waals surface area contributed by atoms with Gasteiger partial charge >= 0.3 is 5.97 Å². The number of benzene rings is 3. The van der Waals surface area contributed by atoms with Crippen LogP contribution in [-0.4, -0.2) is 22.2 Å². The van der Waals surface area contributed by atoms with Gasteiger partial charge in [-0.2, -0.15) is 0 Å². The Morgan fingerprint density at radius 2 is 1.78 bits per heavy atom. The number of nitrogens with zero attached hydrogens (tertiary/aromatic N) is 1. The van der Waals surface area contributed by atoms with Gasteiger partial charge in [0.2, 0.25) is 0 Å². The van der Waals surface area contributed by atoms with E-state index in [0.717, 1.165) is 22.2 Å². The molecule has 0 aromatic heterocycles. The van der Waals surface area contributed by atoms with Crippen molar-refractivity contribution in [3.05, 3.63) is 99.4 Å². The maximum Gasteiger partial charge on any atom is 0.335 e. The Bertz CT molecular complexity index is 1240. The normalized spacial score (nSPS) is 14.8. The second-order valence-corrected chi connectivity index (χ2v) is 8.26. The minimum absolute atomic E-state index is 0.199. The van der Waals surface area contributed by atoms with Crippen LogP contribution in [0.1, 0.15) is 21.5 Å². The van der Waals surface area contributed by atoms with E-state index in [1.165, 1.54) is 12.1 Å². The molecule has 0 aliphatic carbocycles. The van der Waals surface area contributed by atoms with E-state index in [2.05, 4.69) is 0 Å². The molecule has 1 heterocycles. The Kier molecular flexibility index (Phi) is 6.30. The number of para-hydroxylation sites is 1. The summed E-state index contributed by atoms with van der Waals surface area (Å²) >= 11 is 6.85. The van der Waals surface area contributed by atoms with Gasteiger partial charge in [-0.05, 0) is 59.8 Å². The molecule has 1 aliphatic rings. The first-order valence-electron chi connectivity index (χ1n) is 9.50. The second kappa shape index (κ2) is 9.30. The maximum absolute atomic E-state index is 12.9. The zero-order valence-electron chi connectivity index (χ0n) is 16.5. The first kappa shape index (κ1) is 21.7. The van der Waals surface area contributed by atoms with E-state index in [4.69, 9.17) is 21.4 Å². The molecule has 8 heteroatoms. The molecule has 1 fully saturated rings. The lowest BCUT2D eigenvalue weighted by Gasteiger charge is -2.12. The molecule has 160 valence electrons. The number of thioether (sulfide) groups is 1. The van der Waals surface area contributed by atoms with Gasteiger partial charge in [-0.1, -0.05) is 48.0 Å². The van der Waals surface area contributed by atoms with Gasteiger partial charge in [-0.15, -0.1) is 0 Å². The maximum atomic E-state index is 12.9. The van der Waals surface area contributed by atoms with E-state index >= 15 is 0 Å². The van der Waals surface area contributed by atoms with Gasteiger partial charge < -0.3 is 9.84 Å². The summed E-state index contributed by atoms with van der Waals surface area (Å²) in [5, 5.41) is 9.03. The number of imide groups is 1. The molecule has 1 aliphatic heterocycles. The molecule has 0 saturated carbocycles. The number of aromatic carboxylic acids is 1. The Morgan fingerprint density at radius 3 is 2.50 bits per heavy atom. The van der Waals surface area contributed by atoms with Crippen LogP contribution in [0.4, 0.5) is 10.5 Å². The zero-order chi connectivity index (χ0) is 22.7. The lowest BCUT2D eigenvalue weighted by Crippen LogP contribution is -2.27. The standard InChI is InChI=1S/C24H16ClNO5S/c25-18-5-3-6-19(13-18)26-22(27)21(32-24(26)30)12-17-4-1-2-7-20(17)31-14-15-8-10-16(11-9-15)23(28)29/h1-13H,14H2,(H,28,29). The fourth-order valence-electron chi connectivity index (χ4n) is 3.08. The molecule has 3 aromatic carbocycles. The molecule has 2 amide bonds. The fraction of sp³-hybridized carbons (Fsp3) is 0.0417. The predicted octanol–water partition coefficient (Wildman–Crippen LogP) is 5.86. The molecular weight excluding hydrogens is 450 g/mol. The Morgan fingerprint density at radius 1 is 1.03 bits per heavy atom. The quantitative estimate of drug-likeness (QED) is 0.459. The van der Waals surface area contributed by atoms with Crippen molar-refractivity contribution in [2.45, 2.75) is 6.61 Å². The van der Waals surface area contributed by atoms with Crippen LogP contribution < -0.4 is 9.64 Å². The molecule has 4 rings (SSSR count). The number of rotatable bonds is 6. The molecule has 1 saturated heterocycles. The number of hydrogen-bond donors (Lipinski definition) is 1. The predicted molar refractivity (Wildman–Crippen MR) is 124 cm³/mol. The summed E-state index contributed by atoms with van der Waals surface area (Å²) in [6.07, 6.45) is 1.62. The van der Waals surface area contributed by atoms with Crippen molar-refractivity contribution in [3.63, 3.8) is 0 Å². The molecule has 0 unspecified atom stereocenters. The number of anilines is 1. The summed E-state index contributed by atoms with van der Waals surface area (Å²) in [5.74, 6) is -0.889. The van der Waals surface area contributed by atoms with E-state index in [1.807, 2.05) is 6.07 Å². The third kappa shape index (κ3) is 4.69. The van der Waals surface area contributed by atoms with Gasteiger partial charge in [-0.3, -0.25) is 9.59 Å². The van der Waals surface area contributed by atoms with Gasteiger partial charge in [0.05, 0.1) is 16.2 Å². The molecule has 32 heavy (non-hydrogen) atoms. The topological polar surface area (TPSA) is 83.9 Å². The average molecular weight is 466 g/mol. The summed E-state index contributed by atoms with van der Waals surface area (Å²) in [7, 11) is 0. The molecular formula is C24H16ClNO5S. The smallest absolute Gasteiger partial charge is 0.335 e. The van der Waals surface area contributed by atoms with Crippen molar-refractivity contribution in [1.82, 2.24) is 0 Å². The van der Waals surface area contributed by atoms with Gasteiger partial charge in [-0.25, -0.2) is 9.69 Å². The van der Waals surface area contributed by atoms with Crippen molar-refractivity contribution in [1.29, 1.82) is 0 Å². The van der Waals surface area contributed by atoms with Gasteiger partial charge in [0, 0.05) is 10.6 Å². The highest BCUT2D eigenvalue weighted by Gasteiger charge is 2.36. The molecule has 0 atom stereocenters. The summed E-state index contributed by atoms with van der Waals surface area (Å²) in [6.45, 7) is 0.217. The molecule has 0 bridgehead atoms. The summed E-state index contributed by atoms with van der Waals surface area (Å²) in [4.78, 5) is 37.7. The Hall–Kier alpha value is -3.55. The first-order chi connectivity index (χ1) is 15.4. The second-order valence-electron chi connectivity index (χ2n) is 6.83. The van der Waals surface area contributed by atoms with Crippen LogP contribution in [-0.2, 0) is 11.4 Å². The Balaban J connectivity index is 1.54. The van der Waals surface area contributed by atoms with Crippen LogP contribution in [0.3, 0.4) is 0 Å². The molecule has 6 nitrogen and oxygen atoms in total. The first-order valence-corrected chi connectivity index (χ1v) is 10.7. The largest absolute Gasteiger partial charge is 0.488 e. The number of ether oxygens (including phenoxy) is 1. The van der Waals surface area contributed by atoms with Crippen molar-refractivity contribution in [2.24, 2.45) is 0 Å². The van der Waals surface area contributed by atoms with Gasteiger partial charge in [0.1, 0.15) is 12.4 Å². The van der Waals surface area contributed by atoms with Crippen molar-refractivity contribution in [2.75, 3.05) is 4.90 Å². The molecule has 1 N–H and O–H groups in total. The number of carbonyl (C=O) groups excluding carboxylic acids is 2. The monoisotopic (exact) mass is 465 g/mol. The highest BCUT2D eigenvalue weighted by molar-refractivity contribution is 8.19. The fourth-order valence-corrected chi connectivity index (χ4v) is 4.10. The lowest BCUT2D eigenvalue weighted by atomic mass is 10.1. The summed E-state index contributed by atoms with van der Waals surface area (Å²) in [6, 6.07) is 20.1. The van der Waals surface area contributed by atoms with Crippen LogP contribution in [0, 0.1) is 0 Å². The Labute approximate surface area is 193 Å². The molecule has 3 aromatic rings. The van der Waals surface area contributed by atoms with Crippen molar-refractivity contribution < 1.29 is 24.2 Å².